The second kappa shape index (κ2) is 8.16. The first-order valence-electron chi connectivity index (χ1n) is 9.02. The maximum absolute atomic E-state index is 13.1. The molecule has 0 aromatic heterocycles. The summed E-state index contributed by atoms with van der Waals surface area (Å²) in [6.07, 6.45) is 0. The molecule has 0 unspecified atom stereocenters. The van der Waals surface area contributed by atoms with Crippen molar-refractivity contribution in [1.29, 1.82) is 0 Å². The van der Waals surface area contributed by atoms with Crippen LogP contribution in [0.4, 0.5) is 5.69 Å². The number of carbonyl (C=O) groups excluding carboxylic acids is 2. The molecule has 0 spiro atoms. The Bertz CT molecular complexity index is 1250. The second-order valence-electron chi connectivity index (χ2n) is 6.70. The van der Waals surface area contributed by atoms with Gasteiger partial charge in [0.15, 0.2) is 0 Å². The third kappa shape index (κ3) is 3.73. The van der Waals surface area contributed by atoms with E-state index in [0.717, 1.165) is 12.7 Å². The van der Waals surface area contributed by atoms with Crippen LogP contribution >= 0.6 is 0 Å². The fourth-order valence-electron chi connectivity index (χ4n) is 3.29. The second-order valence-corrected chi connectivity index (χ2v) is 8.38. The number of rotatable bonds is 5. The molecule has 1 N–H and O–H groups in total. The molecule has 0 heterocycles. The summed E-state index contributed by atoms with van der Waals surface area (Å²) in [6, 6.07) is 13.1. The zero-order valence-corrected chi connectivity index (χ0v) is 17.8. The minimum atomic E-state index is -4.06. The Morgan fingerprint density at radius 3 is 1.90 bits per heavy atom. The van der Waals surface area contributed by atoms with E-state index >= 15 is 0 Å². The van der Waals surface area contributed by atoms with Crippen LogP contribution in [-0.2, 0) is 19.5 Å². The molecule has 0 saturated heterocycles. The quantitative estimate of drug-likeness (QED) is 0.622. The summed E-state index contributed by atoms with van der Waals surface area (Å²) in [5.41, 5.74) is 1.10. The number of hydrogen-bond donors (Lipinski definition) is 1. The highest BCUT2D eigenvalue weighted by molar-refractivity contribution is 7.92. The van der Waals surface area contributed by atoms with E-state index in [0.29, 0.717) is 16.3 Å². The average molecular weight is 427 g/mol. The van der Waals surface area contributed by atoms with Crippen LogP contribution in [-0.4, -0.2) is 34.6 Å². The maximum atomic E-state index is 13.1. The van der Waals surface area contributed by atoms with Gasteiger partial charge in [-0.2, -0.15) is 0 Å². The molecule has 0 aliphatic rings. The first-order valence-corrected chi connectivity index (χ1v) is 10.5. The third-order valence-corrected chi connectivity index (χ3v) is 6.19. The maximum Gasteiger partial charge on any atom is 0.340 e. The van der Waals surface area contributed by atoms with E-state index in [1.807, 2.05) is 6.92 Å². The predicted octanol–water partition coefficient (Wildman–Crippen LogP) is 3.83. The van der Waals surface area contributed by atoms with Gasteiger partial charge >= 0.3 is 11.9 Å². The molecule has 3 aromatic carbocycles. The molecule has 0 atom stereocenters. The lowest BCUT2D eigenvalue weighted by atomic mass is 9.93. The van der Waals surface area contributed by atoms with Gasteiger partial charge in [-0.25, -0.2) is 18.0 Å². The highest BCUT2D eigenvalue weighted by Crippen LogP contribution is 2.36. The SMILES string of the molecule is COC(=O)c1c(C(=O)OC)c(NS(=O)(=O)c2ccc(C)cc2)c2ccccc2c1C. The molecule has 156 valence electrons. The summed E-state index contributed by atoms with van der Waals surface area (Å²) in [5, 5.41) is 1.06. The van der Waals surface area contributed by atoms with Crippen molar-refractivity contribution in [3.8, 4) is 0 Å². The zero-order valence-electron chi connectivity index (χ0n) is 17.0. The summed E-state index contributed by atoms with van der Waals surface area (Å²) < 4.78 is 38.4. The van der Waals surface area contributed by atoms with Crippen molar-refractivity contribution in [3.63, 3.8) is 0 Å². The number of esters is 2. The standard InChI is InChI=1S/C22H21NO6S/c1-13-9-11-15(12-10-13)30(26,27)23-20-17-8-6-5-7-16(17)14(2)18(21(24)28-3)19(20)22(25)29-4/h5-12,23H,1-4H3. The fraction of sp³-hybridized carbons (Fsp3) is 0.182. The minimum absolute atomic E-state index is 0.0215. The van der Waals surface area contributed by atoms with E-state index in [1.165, 1.54) is 19.2 Å². The number of nitrogens with one attached hydrogen (secondary N) is 1. The van der Waals surface area contributed by atoms with Gasteiger partial charge < -0.3 is 9.47 Å². The molecule has 0 radical (unpaired) electrons. The molecule has 0 aliphatic heterocycles. The van der Waals surface area contributed by atoms with Gasteiger partial charge in [0.1, 0.15) is 0 Å². The number of sulfonamides is 1. The number of benzene rings is 3. The van der Waals surface area contributed by atoms with Gasteiger partial charge in [-0.1, -0.05) is 42.0 Å². The Labute approximate surface area is 174 Å². The van der Waals surface area contributed by atoms with E-state index in [9.17, 15) is 18.0 Å². The van der Waals surface area contributed by atoms with Gasteiger partial charge in [-0.15, -0.1) is 0 Å². The monoisotopic (exact) mass is 427 g/mol. The van der Waals surface area contributed by atoms with Crippen LogP contribution < -0.4 is 4.72 Å². The van der Waals surface area contributed by atoms with E-state index in [1.54, 1.807) is 43.3 Å². The van der Waals surface area contributed by atoms with Crippen molar-refractivity contribution >= 4 is 38.4 Å². The number of ether oxygens (including phenoxy) is 2. The van der Waals surface area contributed by atoms with Crippen LogP contribution in [0.2, 0.25) is 0 Å². The molecule has 8 heteroatoms. The summed E-state index contributed by atoms with van der Waals surface area (Å²) in [6.45, 7) is 3.51. The number of fused-ring (bicyclic) bond motifs is 1. The molecule has 0 aliphatic carbocycles. The van der Waals surface area contributed by atoms with Gasteiger partial charge in [0.2, 0.25) is 0 Å². The van der Waals surface area contributed by atoms with Crippen molar-refractivity contribution in [2.75, 3.05) is 18.9 Å². The summed E-state index contributed by atoms with van der Waals surface area (Å²) in [4.78, 5) is 25.2. The highest BCUT2D eigenvalue weighted by Gasteiger charge is 2.30. The van der Waals surface area contributed by atoms with Gasteiger partial charge in [0.25, 0.3) is 10.0 Å². The molecule has 3 aromatic rings. The number of carbonyl (C=O) groups is 2. The zero-order chi connectivity index (χ0) is 22.1. The minimum Gasteiger partial charge on any atom is -0.465 e. The van der Waals surface area contributed by atoms with Gasteiger partial charge in [-0.3, -0.25) is 4.72 Å². The fourth-order valence-corrected chi connectivity index (χ4v) is 4.38. The molecule has 0 bridgehead atoms. The van der Waals surface area contributed by atoms with Crippen LogP contribution in [0.15, 0.2) is 53.4 Å². The average Bonchev–Trinajstić information content (AvgIpc) is 2.74. The Kier molecular flexibility index (Phi) is 5.80. The van der Waals surface area contributed by atoms with Crippen molar-refractivity contribution in [2.24, 2.45) is 0 Å². The summed E-state index contributed by atoms with van der Waals surface area (Å²) in [7, 11) is -1.71. The van der Waals surface area contributed by atoms with E-state index < -0.39 is 22.0 Å². The van der Waals surface area contributed by atoms with Crippen LogP contribution in [0.1, 0.15) is 31.8 Å². The van der Waals surface area contributed by atoms with E-state index in [4.69, 9.17) is 9.47 Å². The molecule has 0 saturated carbocycles. The first kappa shape index (κ1) is 21.3. The Morgan fingerprint density at radius 2 is 1.33 bits per heavy atom. The molecule has 7 nitrogen and oxygen atoms in total. The molecule has 0 fully saturated rings. The smallest absolute Gasteiger partial charge is 0.340 e. The molecule has 30 heavy (non-hydrogen) atoms. The number of hydrogen-bond acceptors (Lipinski definition) is 6. The third-order valence-electron chi connectivity index (χ3n) is 4.82. The molecular weight excluding hydrogens is 406 g/mol. The van der Waals surface area contributed by atoms with Crippen molar-refractivity contribution < 1.29 is 27.5 Å². The van der Waals surface area contributed by atoms with Gasteiger partial charge in [-0.05, 0) is 36.9 Å². The van der Waals surface area contributed by atoms with Crippen molar-refractivity contribution in [3.05, 3.63) is 70.8 Å². The molecule has 3 rings (SSSR count). The van der Waals surface area contributed by atoms with Crippen LogP contribution in [0.25, 0.3) is 10.8 Å². The largest absolute Gasteiger partial charge is 0.465 e. The first-order chi connectivity index (χ1) is 14.2. The number of methoxy groups -OCH3 is 2. The Hall–Kier alpha value is -3.39. The lowest BCUT2D eigenvalue weighted by Gasteiger charge is -2.19. The molecule has 0 amide bonds. The normalized spacial score (nSPS) is 11.2. The van der Waals surface area contributed by atoms with Gasteiger partial charge in [0, 0.05) is 5.39 Å². The highest BCUT2D eigenvalue weighted by atomic mass is 32.2. The van der Waals surface area contributed by atoms with Crippen LogP contribution in [0.3, 0.4) is 0 Å². The topological polar surface area (TPSA) is 98.8 Å². The lowest BCUT2D eigenvalue weighted by Crippen LogP contribution is -2.21. The van der Waals surface area contributed by atoms with E-state index in [2.05, 4.69) is 4.72 Å². The van der Waals surface area contributed by atoms with Crippen molar-refractivity contribution in [1.82, 2.24) is 0 Å². The summed E-state index contributed by atoms with van der Waals surface area (Å²) >= 11 is 0. The number of aryl methyl sites for hydroxylation is 2. The molecular formula is C22H21NO6S. The van der Waals surface area contributed by atoms with Gasteiger partial charge in [0.05, 0.1) is 35.9 Å². The van der Waals surface area contributed by atoms with Crippen molar-refractivity contribution in [2.45, 2.75) is 18.7 Å². The van der Waals surface area contributed by atoms with Crippen LogP contribution in [0.5, 0.6) is 0 Å². The number of anilines is 1. The van der Waals surface area contributed by atoms with E-state index in [-0.39, 0.29) is 21.7 Å². The van der Waals surface area contributed by atoms with Crippen LogP contribution in [0, 0.1) is 13.8 Å². The Morgan fingerprint density at radius 1 is 0.800 bits per heavy atom. The summed E-state index contributed by atoms with van der Waals surface area (Å²) in [5.74, 6) is -1.62. The Balaban J connectivity index is 2.37. The lowest BCUT2D eigenvalue weighted by molar-refractivity contribution is 0.0555. The predicted molar refractivity (Wildman–Crippen MR) is 113 cm³/mol.